The number of ether oxygens (including phenoxy) is 1. The van der Waals surface area contributed by atoms with Crippen molar-refractivity contribution in [1.82, 2.24) is 0 Å². The van der Waals surface area contributed by atoms with Crippen molar-refractivity contribution in [3.63, 3.8) is 0 Å². The summed E-state index contributed by atoms with van der Waals surface area (Å²) in [6.07, 6.45) is 1.68. The SMILES string of the molecule is COc1ccc(/C=C2\SC(=O)N(c3cccc(Cl)c3)C2=O)cc1Br. The van der Waals surface area contributed by atoms with Crippen LogP contribution in [0.3, 0.4) is 0 Å². The average Bonchev–Trinajstić information content (AvgIpc) is 2.81. The molecule has 0 N–H and O–H groups in total. The van der Waals surface area contributed by atoms with E-state index in [2.05, 4.69) is 15.9 Å². The largest absolute Gasteiger partial charge is 0.496 e. The van der Waals surface area contributed by atoms with Gasteiger partial charge in [-0.05, 0) is 69.7 Å². The molecule has 7 heteroatoms. The van der Waals surface area contributed by atoms with E-state index in [1.54, 1.807) is 43.5 Å². The number of amides is 2. The van der Waals surface area contributed by atoms with Gasteiger partial charge in [-0.25, -0.2) is 4.90 Å². The summed E-state index contributed by atoms with van der Waals surface area (Å²) >= 11 is 10.2. The van der Waals surface area contributed by atoms with Gasteiger partial charge in [0.05, 0.1) is 22.2 Å². The monoisotopic (exact) mass is 423 g/mol. The van der Waals surface area contributed by atoms with E-state index >= 15 is 0 Å². The van der Waals surface area contributed by atoms with E-state index in [9.17, 15) is 9.59 Å². The summed E-state index contributed by atoms with van der Waals surface area (Å²) in [7, 11) is 1.58. The average molecular weight is 425 g/mol. The van der Waals surface area contributed by atoms with Gasteiger partial charge in [0, 0.05) is 5.02 Å². The van der Waals surface area contributed by atoms with Crippen LogP contribution in [0.25, 0.3) is 6.08 Å². The Kier molecular flexibility index (Phi) is 4.99. The van der Waals surface area contributed by atoms with Crippen molar-refractivity contribution >= 4 is 62.2 Å². The van der Waals surface area contributed by atoms with Gasteiger partial charge in [-0.1, -0.05) is 23.7 Å². The third-order valence-electron chi connectivity index (χ3n) is 3.33. The Morgan fingerprint density at radius 3 is 2.67 bits per heavy atom. The molecule has 24 heavy (non-hydrogen) atoms. The molecule has 0 bridgehead atoms. The first-order valence-electron chi connectivity index (χ1n) is 6.86. The molecule has 1 saturated heterocycles. The van der Waals surface area contributed by atoms with Crippen LogP contribution in [-0.4, -0.2) is 18.3 Å². The molecule has 0 atom stereocenters. The molecule has 0 radical (unpaired) electrons. The first-order chi connectivity index (χ1) is 11.5. The summed E-state index contributed by atoms with van der Waals surface area (Å²) < 4.78 is 5.95. The number of imide groups is 1. The Hall–Kier alpha value is -1.76. The van der Waals surface area contributed by atoms with Crippen LogP contribution in [0.5, 0.6) is 5.75 Å². The number of halogens is 2. The number of hydrogen-bond acceptors (Lipinski definition) is 4. The molecule has 2 amide bonds. The van der Waals surface area contributed by atoms with E-state index in [-0.39, 0.29) is 11.1 Å². The molecule has 0 spiro atoms. The van der Waals surface area contributed by atoms with Gasteiger partial charge >= 0.3 is 0 Å². The van der Waals surface area contributed by atoms with Crippen molar-refractivity contribution < 1.29 is 14.3 Å². The van der Waals surface area contributed by atoms with Crippen molar-refractivity contribution in [2.45, 2.75) is 0 Å². The van der Waals surface area contributed by atoms with Crippen LogP contribution in [0.4, 0.5) is 10.5 Å². The van der Waals surface area contributed by atoms with Gasteiger partial charge in [0.15, 0.2) is 0 Å². The van der Waals surface area contributed by atoms with E-state index in [1.165, 1.54) is 0 Å². The zero-order valence-electron chi connectivity index (χ0n) is 12.5. The van der Waals surface area contributed by atoms with Crippen LogP contribution in [0, 0.1) is 0 Å². The molecule has 4 nitrogen and oxygen atoms in total. The van der Waals surface area contributed by atoms with Crippen molar-refractivity contribution in [3.05, 3.63) is 62.4 Å². The highest BCUT2D eigenvalue weighted by atomic mass is 79.9. The number of anilines is 1. The van der Waals surface area contributed by atoms with Crippen molar-refractivity contribution in [2.24, 2.45) is 0 Å². The molecule has 2 aromatic rings. The van der Waals surface area contributed by atoms with E-state index < -0.39 is 0 Å². The number of hydrogen-bond donors (Lipinski definition) is 0. The fourth-order valence-corrected chi connectivity index (χ4v) is 3.81. The lowest BCUT2D eigenvalue weighted by molar-refractivity contribution is -0.113. The maximum atomic E-state index is 12.6. The summed E-state index contributed by atoms with van der Waals surface area (Å²) in [5.41, 5.74) is 1.25. The molecule has 0 saturated carbocycles. The third kappa shape index (κ3) is 3.36. The van der Waals surface area contributed by atoms with Crippen LogP contribution in [0.1, 0.15) is 5.56 Å². The lowest BCUT2D eigenvalue weighted by Gasteiger charge is -2.12. The zero-order chi connectivity index (χ0) is 17.3. The quantitative estimate of drug-likeness (QED) is 0.623. The third-order valence-corrected chi connectivity index (χ3v) is 5.06. The summed E-state index contributed by atoms with van der Waals surface area (Å²) in [6, 6.07) is 12.1. The second-order valence-corrected chi connectivity index (χ2v) is 7.17. The molecule has 1 fully saturated rings. The molecular formula is C17H11BrClNO3S. The molecule has 1 heterocycles. The maximum Gasteiger partial charge on any atom is 0.298 e. The van der Waals surface area contributed by atoms with Crippen LogP contribution in [0.2, 0.25) is 5.02 Å². The van der Waals surface area contributed by atoms with Crippen LogP contribution in [-0.2, 0) is 4.79 Å². The lowest BCUT2D eigenvalue weighted by Crippen LogP contribution is -2.27. The lowest BCUT2D eigenvalue weighted by atomic mass is 10.2. The maximum absolute atomic E-state index is 12.6. The molecule has 0 unspecified atom stereocenters. The highest BCUT2D eigenvalue weighted by Gasteiger charge is 2.36. The van der Waals surface area contributed by atoms with Crippen LogP contribution >= 0.6 is 39.3 Å². The number of nitrogens with zero attached hydrogens (tertiary/aromatic N) is 1. The summed E-state index contributed by atoms with van der Waals surface area (Å²) in [6.45, 7) is 0. The number of benzene rings is 2. The van der Waals surface area contributed by atoms with E-state index in [0.717, 1.165) is 26.7 Å². The van der Waals surface area contributed by atoms with Gasteiger partial charge in [0.25, 0.3) is 11.1 Å². The predicted molar refractivity (Wildman–Crippen MR) is 101 cm³/mol. The zero-order valence-corrected chi connectivity index (χ0v) is 15.6. The Labute approximate surface area is 156 Å². The minimum atomic E-state index is -0.362. The first kappa shape index (κ1) is 17.1. The summed E-state index contributed by atoms with van der Waals surface area (Å²) in [5.74, 6) is 0.332. The normalized spacial score (nSPS) is 16.1. The first-order valence-corrected chi connectivity index (χ1v) is 8.85. The Bertz CT molecular complexity index is 869. The molecule has 2 aromatic carbocycles. The fraction of sp³-hybridized carbons (Fsp3) is 0.0588. The molecule has 0 aliphatic carbocycles. The Morgan fingerprint density at radius 1 is 1.21 bits per heavy atom. The minimum Gasteiger partial charge on any atom is -0.496 e. The second-order valence-electron chi connectivity index (χ2n) is 4.89. The van der Waals surface area contributed by atoms with E-state index in [4.69, 9.17) is 16.3 Å². The van der Waals surface area contributed by atoms with Gasteiger partial charge in [0.2, 0.25) is 0 Å². The highest BCUT2D eigenvalue weighted by Crippen LogP contribution is 2.37. The standard InChI is InChI=1S/C17H11BrClNO3S/c1-23-14-6-5-10(7-13(14)18)8-15-16(21)20(17(22)24-15)12-4-2-3-11(19)9-12/h2-9H,1H3/b15-8-. The molecule has 1 aliphatic heterocycles. The topological polar surface area (TPSA) is 46.6 Å². The van der Waals surface area contributed by atoms with Crippen molar-refractivity contribution in [1.29, 1.82) is 0 Å². The Morgan fingerprint density at radius 2 is 2.00 bits per heavy atom. The molecule has 122 valence electrons. The highest BCUT2D eigenvalue weighted by molar-refractivity contribution is 9.10. The number of rotatable bonds is 3. The van der Waals surface area contributed by atoms with Gasteiger partial charge in [-0.3, -0.25) is 9.59 Å². The van der Waals surface area contributed by atoms with E-state index in [0.29, 0.717) is 21.4 Å². The van der Waals surface area contributed by atoms with E-state index in [1.807, 2.05) is 12.1 Å². The molecule has 1 aliphatic rings. The number of thioether (sulfide) groups is 1. The molecule has 3 rings (SSSR count). The fourth-order valence-electron chi connectivity index (χ4n) is 2.23. The van der Waals surface area contributed by atoms with Crippen LogP contribution in [0.15, 0.2) is 51.8 Å². The van der Waals surface area contributed by atoms with Crippen molar-refractivity contribution in [3.8, 4) is 5.75 Å². The molecule has 0 aromatic heterocycles. The van der Waals surface area contributed by atoms with Crippen LogP contribution < -0.4 is 9.64 Å². The number of carbonyl (C=O) groups is 2. The summed E-state index contributed by atoms with van der Waals surface area (Å²) in [4.78, 5) is 26.3. The van der Waals surface area contributed by atoms with Gasteiger partial charge in [-0.2, -0.15) is 0 Å². The van der Waals surface area contributed by atoms with Crippen molar-refractivity contribution in [2.75, 3.05) is 12.0 Å². The number of carbonyl (C=O) groups excluding carboxylic acids is 2. The smallest absolute Gasteiger partial charge is 0.298 e. The second kappa shape index (κ2) is 7.01. The number of methoxy groups -OCH3 is 1. The minimum absolute atomic E-state index is 0.346. The predicted octanol–water partition coefficient (Wildman–Crippen LogP) is 5.35. The molecular weight excluding hydrogens is 414 g/mol. The Balaban J connectivity index is 1.92. The summed E-state index contributed by atoms with van der Waals surface area (Å²) in [5, 5.41) is 0.121. The van der Waals surface area contributed by atoms with Gasteiger partial charge in [-0.15, -0.1) is 0 Å². The van der Waals surface area contributed by atoms with Gasteiger partial charge in [0.1, 0.15) is 5.75 Å². The van der Waals surface area contributed by atoms with Gasteiger partial charge < -0.3 is 4.74 Å².